The number of amides is 1. The molecular formula is C35H35FN4O2. The number of nitrogens with zero attached hydrogens (tertiary/aromatic N) is 1. The van der Waals surface area contributed by atoms with Crippen LogP contribution in [-0.2, 0) is 0 Å². The van der Waals surface area contributed by atoms with Crippen LogP contribution in [0.4, 0.5) is 10.1 Å². The molecule has 0 spiro atoms. The Labute approximate surface area is 245 Å². The summed E-state index contributed by atoms with van der Waals surface area (Å²) in [7, 11) is 0. The second-order valence-corrected chi connectivity index (χ2v) is 11.3. The number of carbonyl (C=O) groups excluding carboxylic acids is 1. The number of nitrogens with two attached hydrogens (primary N) is 1. The van der Waals surface area contributed by atoms with E-state index >= 15 is 0 Å². The molecule has 1 fully saturated rings. The van der Waals surface area contributed by atoms with Gasteiger partial charge in [-0.3, -0.25) is 4.79 Å². The van der Waals surface area contributed by atoms with Crippen LogP contribution in [0.15, 0.2) is 84.9 Å². The number of rotatable bonds is 6. The Morgan fingerprint density at radius 2 is 1.76 bits per heavy atom. The van der Waals surface area contributed by atoms with E-state index in [4.69, 9.17) is 5.73 Å². The number of aromatic hydroxyl groups is 1. The zero-order chi connectivity index (χ0) is 29.4. The van der Waals surface area contributed by atoms with Crippen LogP contribution in [0.2, 0.25) is 0 Å². The molecule has 5 N–H and O–H groups in total. The van der Waals surface area contributed by atoms with Gasteiger partial charge in [-0.2, -0.15) is 0 Å². The number of aryl methyl sites for hydroxylation is 2. The van der Waals surface area contributed by atoms with Crippen LogP contribution in [0.25, 0.3) is 22.0 Å². The standard InChI is InChI=1S/C35H35FN4O2/c1-21-15-25(23-7-9-32(22(2)17-23)40-13-11-28(37)12-14-40)18-26(16-21)35(42)39-34(29-20-27(36)8-10-33(29)41)31-19-24-5-3-4-6-30(24)38-31/h3-10,15-20,28,34,38,41H,11-14,37H2,1-2H3,(H,39,42). The van der Waals surface area contributed by atoms with Crippen LogP contribution in [0.3, 0.4) is 0 Å². The summed E-state index contributed by atoms with van der Waals surface area (Å²) < 4.78 is 14.3. The van der Waals surface area contributed by atoms with E-state index < -0.39 is 11.9 Å². The summed E-state index contributed by atoms with van der Waals surface area (Å²) in [4.78, 5) is 19.5. The minimum Gasteiger partial charge on any atom is -0.508 e. The second-order valence-electron chi connectivity index (χ2n) is 11.3. The molecule has 6 nitrogen and oxygen atoms in total. The summed E-state index contributed by atoms with van der Waals surface area (Å²) >= 11 is 0. The average Bonchev–Trinajstić information content (AvgIpc) is 3.41. The average molecular weight is 563 g/mol. The molecule has 0 aliphatic carbocycles. The third kappa shape index (κ3) is 5.60. The summed E-state index contributed by atoms with van der Waals surface area (Å²) in [5.41, 5.74) is 13.7. The van der Waals surface area contributed by atoms with Gasteiger partial charge in [0, 0.05) is 47.2 Å². The smallest absolute Gasteiger partial charge is 0.252 e. The number of aromatic nitrogens is 1. The van der Waals surface area contributed by atoms with E-state index in [1.165, 1.54) is 29.4 Å². The highest BCUT2D eigenvalue weighted by molar-refractivity contribution is 5.96. The van der Waals surface area contributed by atoms with Crippen LogP contribution in [-0.4, -0.2) is 35.1 Å². The first-order valence-electron chi connectivity index (χ1n) is 14.4. The number of carbonyl (C=O) groups is 1. The lowest BCUT2D eigenvalue weighted by atomic mass is 9.96. The lowest BCUT2D eigenvalue weighted by Crippen LogP contribution is -2.39. The molecular weight excluding hydrogens is 527 g/mol. The third-order valence-electron chi connectivity index (χ3n) is 8.19. The minimum absolute atomic E-state index is 0.100. The fourth-order valence-electron chi connectivity index (χ4n) is 5.96. The Bertz CT molecular complexity index is 1740. The second kappa shape index (κ2) is 11.3. The van der Waals surface area contributed by atoms with E-state index in [2.05, 4.69) is 46.4 Å². The fourth-order valence-corrected chi connectivity index (χ4v) is 5.96. The maximum atomic E-state index is 14.3. The van der Waals surface area contributed by atoms with E-state index in [1.54, 1.807) is 0 Å². The number of piperidine rings is 1. The molecule has 0 bridgehead atoms. The van der Waals surface area contributed by atoms with Gasteiger partial charge in [-0.1, -0.05) is 30.3 Å². The first-order valence-corrected chi connectivity index (χ1v) is 14.4. The predicted molar refractivity (Wildman–Crippen MR) is 166 cm³/mol. The van der Waals surface area contributed by atoms with Gasteiger partial charge >= 0.3 is 0 Å². The molecule has 0 saturated carbocycles. The van der Waals surface area contributed by atoms with Crippen LogP contribution in [0.5, 0.6) is 5.75 Å². The summed E-state index contributed by atoms with van der Waals surface area (Å²) in [6.45, 7) is 5.99. The van der Waals surface area contributed by atoms with Gasteiger partial charge in [0.05, 0.1) is 6.04 Å². The van der Waals surface area contributed by atoms with Gasteiger partial charge in [-0.15, -0.1) is 0 Å². The van der Waals surface area contributed by atoms with E-state index in [9.17, 15) is 14.3 Å². The third-order valence-corrected chi connectivity index (χ3v) is 8.19. The first-order chi connectivity index (χ1) is 20.2. The number of aromatic amines is 1. The van der Waals surface area contributed by atoms with E-state index in [-0.39, 0.29) is 23.3 Å². The molecule has 6 rings (SSSR count). The zero-order valence-electron chi connectivity index (χ0n) is 23.8. The molecule has 7 heteroatoms. The Morgan fingerprint density at radius 1 is 0.976 bits per heavy atom. The van der Waals surface area contributed by atoms with Gasteiger partial charge in [0.25, 0.3) is 5.91 Å². The van der Waals surface area contributed by atoms with Crippen LogP contribution in [0.1, 0.15) is 51.6 Å². The first kappa shape index (κ1) is 27.5. The summed E-state index contributed by atoms with van der Waals surface area (Å²) in [6, 6.07) is 25.1. The number of hydrogen-bond acceptors (Lipinski definition) is 4. The van der Waals surface area contributed by atoms with Crippen molar-refractivity contribution in [3.05, 3.63) is 119 Å². The van der Waals surface area contributed by atoms with Gasteiger partial charge in [-0.25, -0.2) is 4.39 Å². The normalized spacial score (nSPS) is 14.7. The van der Waals surface area contributed by atoms with E-state index in [1.807, 2.05) is 49.4 Å². The van der Waals surface area contributed by atoms with Crippen molar-refractivity contribution < 1.29 is 14.3 Å². The molecule has 42 heavy (non-hydrogen) atoms. The fraction of sp³-hybridized carbons (Fsp3) is 0.229. The Morgan fingerprint density at radius 3 is 2.52 bits per heavy atom. The minimum atomic E-state index is -0.802. The number of halogens is 1. The topological polar surface area (TPSA) is 94.4 Å². The molecule has 5 aromatic rings. The summed E-state index contributed by atoms with van der Waals surface area (Å²) in [5, 5.41) is 14.7. The van der Waals surface area contributed by atoms with Crippen molar-refractivity contribution in [1.29, 1.82) is 0 Å². The van der Waals surface area contributed by atoms with Crippen molar-refractivity contribution >= 4 is 22.5 Å². The number of fused-ring (bicyclic) bond motifs is 1. The maximum Gasteiger partial charge on any atom is 0.252 e. The lowest BCUT2D eigenvalue weighted by Gasteiger charge is -2.33. The molecule has 1 aliphatic rings. The van der Waals surface area contributed by atoms with Gasteiger partial charge in [0.1, 0.15) is 11.6 Å². The summed E-state index contributed by atoms with van der Waals surface area (Å²) in [5.74, 6) is -0.927. The quantitative estimate of drug-likeness (QED) is 0.184. The largest absolute Gasteiger partial charge is 0.508 e. The molecule has 1 aliphatic heterocycles. The molecule has 1 atom stereocenters. The van der Waals surface area contributed by atoms with Crippen molar-refractivity contribution in [2.45, 2.75) is 38.8 Å². The number of phenols is 1. The SMILES string of the molecule is Cc1cc(C(=O)NC(c2cc3ccccc3[nH]2)c2cc(F)ccc2O)cc(-c2ccc(N3CCC(N)CC3)c(C)c2)c1. The van der Waals surface area contributed by atoms with Gasteiger partial charge in [-0.05, 0) is 109 Å². The number of benzene rings is 4. The highest BCUT2D eigenvalue weighted by Gasteiger charge is 2.24. The number of para-hydroxylation sites is 1. The summed E-state index contributed by atoms with van der Waals surface area (Å²) in [6.07, 6.45) is 1.98. The molecule has 1 unspecified atom stereocenters. The van der Waals surface area contributed by atoms with Gasteiger partial charge in [0.15, 0.2) is 0 Å². The van der Waals surface area contributed by atoms with Crippen LogP contribution >= 0.6 is 0 Å². The van der Waals surface area contributed by atoms with Crippen LogP contribution < -0.4 is 16.0 Å². The Balaban J connectivity index is 1.32. The zero-order valence-corrected chi connectivity index (χ0v) is 23.8. The van der Waals surface area contributed by atoms with E-state index in [0.29, 0.717) is 11.3 Å². The molecule has 1 aromatic heterocycles. The number of nitrogens with one attached hydrogen (secondary N) is 2. The molecule has 2 heterocycles. The Hall–Kier alpha value is -4.62. The Kier molecular flexibility index (Phi) is 7.43. The predicted octanol–water partition coefficient (Wildman–Crippen LogP) is 6.74. The number of anilines is 1. The number of hydrogen-bond donors (Lipinski definition) is 4. The van der Waals surface area contributed by atoms with Crippen molar-refractivity contribution in [1.82, 2.24) is 10.3 Å². The molecule has 214 valence electrons. The molecule has 0 radical (unpaired) electrons. The number of H-pyrrole nitrogens is 1. The van der Waals surface area contributed by atoms with Gasteiger partial charge < -0.3 is 26.0 Å². The molecule has 1 saturated heterocycles. The highest BCUT2D eigenvalue weighted by Crippen LogP contribution is 2.33. The van der Waals surface area contributed by atoms with Crippen molar-refractivity contribution in [2.24, 2.45) is 5.73 Å². The maximum absolute atomic E-state index is 14.3. The van der Waals surface area contributed by atoms with Crippen molar-refractivity contribution in [3.8, 4) is 16.9 Å². The van der Waals surface area contributed by atoms with Crippen molar-refractivity contribution in [2.75, 3.05) is 18.0 Å². The van der Waals surface area contributed by atoms with Crippen LogP contribution in [0, 0.1) is 19.7 Å². The lowest BCUT2D eigenvalue weighted by molar-refractivity contribution is 0.0942. The number of phenolic OH excluding ortho intramolecular Hbond substituents is 1. The van der Waals surface area contributed by atoms with Gasteiger partial charge in [0.2, 0.25) is 0 Å². The highest BCUT2D eigenvalue weighted by atomic mass is 19.1. The molecule has 1 amide bonds. The monoisotopic (exact) mass is 562 g/mol. The molecule has 4 aromatic carbocycles. The van der Waals surface area contributed by atoms with E-state index in [0.717, 1.165) is 53.5 Å². The van der Waals surface area contributed by atoms with Crippen molar-refractivity contribution in [3.63, 3.8) is 0 Å².